The van der Waals surface area contributed by atoms with Gasteiger partial charge in [-0.3, -0.25) is 0 Å². The van der Waals surface area contributed by atoms with Gasteiger partial charge in [0.1, 0.15) is 0 Å². The van der Waals surface area contributed by atoms with E-state index in [1.807, 2.05) is 6.92 Å². The van der Waals surface area contributed by atoms with Gasteiger partial charge in [0.25, 0.3) is 0 Å². The minimum absolute atomic E-state index is 0.218. The molecule has 0 saturated heterocycles. The van der Waals surface area contributed by atoms with Gasteiger partial charge in [0.15, 0.2) is 0 Å². The number of nitrogens with two attached hydrogens (primary N) is 1. The number of rotatable bonds is 3. The van der Waals surface area contributed by atoms with Crippen molar-refractivity contribution < 1.29 is 3.83 Å². The average Bonchev–Trinajstić information content (AvgIpc) is 1.61. The third-order valence-electron chi connectivity index (χ3n) is 0.861. The molecule has 1 unspecified atom stereocenters. The molecule has 0 fully saturated rings. The van der Waals surface area contributed by atoms with Gasteiger partial charge in [-0.25, -0.2) is 0 Å². The Bertz CT molecular complexity index is 82.5. The Morgan fingerprint density at radius 2 is 2.25 bits per heavy atom. The van der Waals surface area contributed by atoms with E-state index in [0.717, 1.165) is 11.7 Å². The van der Waals surface area contributed by atoms with E-state index in [1.165, 1.54) is 0 Å². The van der Waals surface area contributed by atoms with E-state index < -0.39 is 13.8 Å². The van der Waals surface area contributed by atoms with Crippen LogP contribution in [-0.2, 0) is 3.83 Å². The third kappa shape index (κ3) is 6.28. The molecule has 0 bridgehead atoms. The van der Waals surface area contributed by atoms with Crippen molar-refractivity contribution >= 4 is 13.8 Å². The Morgan fingerprint density at radius 1 is 1.75 bits per heavy atom. The van der Waals surface area contributed by atoms with Gasteiger partial charge in [-0.05, 0) is 0 Å². The molecule has 0 aliphatic heterocycles. The summed E-state index contributed by atoms with van der Waals surface area (Å²) < 4.78 is 10.5. The fourth-order valence-electron chi connectivity index (χ4n) is 0.352. The van der Waals surface area contributed by atoms with Crippen molar-refractivity contribution in [2.24, 2.45) is 5.73 Å². The SMILES string of the molecule is C[C@@H](N)CC[Se](C)=O. The molecule has 8 heavy (non-hydrogen) atoms. The molecule has 0 aliphatic rings. The predicted octanol–water partition coefficient (Wildman–Crippen LogP) is 0.776. The maximum absolute atomic E-state index is 10.5. The summed E-state index contributed by atoms with van der Waals surface area (Å²) in [5.41, 5.74) is 5.42. The monoisotopic (exact) mass is 183 g/mol. The van der Waals surface area contributed by atoms with Crippen LogP contribution in [0.1, 0.15) is 13.3 Å². The molecule has 0 heterocycles. The third-order valence-corrected chi connectivity index (χ3v) is 2.56. The van der Waals surface area contributed by atoms with Gasteiger partial charge in [-0.15, -0.1) is 0 Å². The molecule has 0 aromatic heterocycles. The predicted molar refractivity (Wildman–Crippen MR) is 35.4 cm³/mol. The van der Waals surface area contributed by atoms with Crippen molar-refractivity contribution in [1.82, 2.24) is 0 Å². The first-order valence-corrected chi connectivity index (χ1v) is 6.31. The van der Waals surface area contributed by atoms with Crippen molar-refractivity contribution in [3.8, 4) is 0 Å². The fourth-order valence-corrected chi connectivity index (χ4v) is 1.83. The molecule has 2 nitrogen and oxygen atoms in total. The molecule has 0 radical (unpaired) electrons. The van der Waals surface area contributed by atoms with E-state index in [0.29, 0.717) is 0 Å². The van der Waals surface area contributed by atoms with Crippen LogP contribution >= 0.6 is 0 Å². The van der Waals surface area contributed by atoms with Gasteiger partial charge in [-0.2, -0.15) is 0 Å². The van der Waals surface area contributed by atoms with E-state index in [9.17, 15) is 3.83 Å². The second-order valence-electron chi connectivity index (χ2n) is 2.04. The Labute approximate surface area is 54.5 Å². The van der Waals surface area contributed by atoms with Crippen LogP contribution in [0.2, 0.25) is 11.1 Å². The molecular weight excluding hydrogens is 169 g/mol. The van der Waals surface area contributed by atoms with Gasteiger partial charge < -0.3 is 0 Å². The fraction of sp³-hybridized carbons (Fsp3) is 1.00. The summed E-state index contributed by atoms with van der Waals surface area (Å²) in [6, 6.07) is 0.218. The topological polar surface area (TPSA) is 43.1 Å². The first kappa shape index (κ1) is 8.28. The zero-order chi connectivity index (χ0) is 6.57. The minimum atomic E-state index is -1.45. The quantitative estimate of drug-likeness (QED) is 0.655. The molecule has 0 aromatic carbocycles. The molecule has 0 amide bonds. The summed E-state index contributed by atoms with van der Waals surface area (Å²) in [6.07, 6.45) is 0.907. The Kier molecular flexibility index (Phi) is 4.33. The molecule has 0 saturated carbocycles. The van der Waals surface area contributed by atoms with Gasteiger partial charge in [0.2, 0.25) is 0 Å². The van der Waals surface area contributed by atoms with Crippen LogP contribution in [0.15, 0.2) is 0 Å². The first-order valence-electron chi connectivity index (χ1n) is 2.68. The summed E-state index contributed by atoms with van der Waals surface area (Å²) in [6.45, 7) is 1.94. The summed E-state index contributed by atoms with van der Waals surface area (Å²) in [4.78, 5) is 0. The molecule has 0 rings (SSSR count). The first-order chi connectivity index (χ1) is 3.63. The van der Waals surface area contributed by atoms with Crippen molar-refractivity contribution in [3.05, 3.63) is 0 Å². The van der Waals surface area contributed by atoms with Crippen molar-refractivity contribution in [2.45, 2.75) is 30.5 Å². The average molecular weight is 182 g/mol. The summed E-state index contributed by atoms with van der Waals surface area (Å²) in [7, 11) is 0. The van der Waals surface area contributed by atoms with Crippen LogP contribution in [0.25, 0.3) is 0 Å². The molecule has 0 aliphatic carbocycles. The van der Waals surface area contributed by atoms with Crippen molar-refractivity contribution in [3.63, 3.8) is 0 Å². The van der Waals surface area contributed by atoms with Crippen LogP contribution in [0.4, 0.5) is 0 Å². The van der Waals surface area contributed by atoms with Gasteiger partial charge in [0, 0.05) is 0 Å². The van der Waals surface area contributed by atoms with E-state index in [4.69, 9.17) is 5.73 Å². The molecule has 0 aromatic rings. The second kappa shape index (κ2) is 4.19. The number of hydrogen-bond acceptors (Lipinski definition) is 2. The standard InChI is InChI=1S/C5H13NOSe/c1-5(6)3-4-8(2)7/h5H,3-4,6H2,1-2H3/t5-,8?/m1/s1. The molecule has 2 atom stereocenters. The zero-order valence-corrected chi connectivity index (χ0v) is 7.10. The van der Waals surface area contributed by atoms with Crippen LogP contribution in [0, 0.1) is 0 Å². The van der Waals surface area contributed by atoms with Gasteiger partial charge in [0.05, 0.1) is 0 Å². The molecule has 3 heteroatoms. The number of hydrogen-bond donors (Lipinski definition) is 1. The van der Waals surface area contributed by atoms with Gasteiger partial charge in [-0.1, -0.05) is 0 Å². The van der Waals surface area contributed by atoms with Crippen molar-refractivity contribution in [2.75, 3.05) is 0 Å². The van der Waals surface area contributed by atoms with E-state index in [-0.39, 0.29) is 6.04 Å². The van der Waals surface area contributed by atoms with Crippen LogP contribution in [-0.4, -0.2) is 19.9 Å². The molecule has 0 spiro atoms. The van der Waals surface area contributed by atoms with Crippen LogP contribution in [0.3, 0.4) is 0 Å². The van der Waals surface area contributed by atoms with E-state index >= 15 is 0 Å². The summed E-state index contributed by atoms with van der Waals surface area (Å²) in [5, 5.41) is 0.831. The zero-order valence-electron chi connectivity index (χ0n) is 5.39. The van der Waals surface area contributed by atoms with E-state index in [1.54, 1.807) is 5.82 Å². The van der Waals surface area contributed by atoms with Gasteiger partial charge >= 0.3 is 53.9 Å². The molecule has 2 N–H and O–H groups in total. The normalized spacial score (nSPS) is 17.9. The second-order valence-corrected chi connectivity index (χ2v) is 5.31. The Morgan fingerprint density at radius 3 is 2.38 bits per heavy atom. The summed E-state index contributed by atoms with van der Waals surface area (Å²) >= 11 is -1.45. The summed E-state index contributed by atoms with van der Waals surface area (Å²) in [5.74, 6) is 1.79. The maximum atomic E-state index is 10.5. The van der Waals surface area contributed by atoms with E-state index in [2.05, 4.69) is 0 Å². The van der Waals surface area contributed by atoms with Crippen LogP contribution in [0.5, 0.6) is 0 Å². The van der Waals surface area contributed by atoms with Crippen LogP contribution < -0.4 is 5.73 Å². The molecule has 50 valence electrons. The van der Waals surface area contributed by atoms with Crippen molar-refractivity contribution in [1.29, 1.82) is 0 Å². The Hall–Kier alpha value is 0.279. The Balaban J connectivity index is 3.05. The molecular formula is C5H13NOSe.